The highest BCUT2D eigenvalue weighted by Crippen LogP contribution is 2.35. The number of halogens is 1. The second-order valence-corrected chi connectivity index (χ2v) is 8.93. The van der Waals surface area contributed by atoms with Crippen molar-refractivity contribution in [1.29, 1.82) is 0 Å². The molecule has 0 fully saturated rings. The molecule has 3 aromatic heterocycles. The fourth-order valence-corrected chi connectivity index (χ4v) is 4.64. The molecule has 4 rings (SSSR count). The predicted molar refractivity (Wildman–Crippen MR) is 128 cm³/mol. The smallest absolute Gasteiger partial charge is 0.267 e. The Bertz CT molecular complexity index is 1500. The third kappa shape index (κ3) is 4.27. The number of nitrogens with zero attached hydrogens (tertiary/aromatic N) is 4. The van der Waals surface area contributed by atoms with E-state index >= 15 is 4.39 Å². The third-order valence-corrected chi connectivity index (χ3v) is 6.36. The molecule has 1 aromatic carbocycles. The average Bonchev–Trinajstić information content (AvgIpc) is 2.84. The molecule has 0 unspecified atom stereocenters. The van der Waals surface area contributed by atoms with Crippen LogP contribution in [0.25, 0.3) is 22.2 Å². The lowest BCUT2D eigenvalue weighted by molar-refractivity contribution is 0.385. The second-order valence-electron chi connectivity index (χ2n) is 7.28. The zero-order valence-electron chi connectivity index (χ0n) is 18.8. The Morgan fingerprint density at radius 3 is 2.50 bits per heavy atom. The zero-order valence-corrected chi connectivity index (χ0v) is 19.7. The van der Waals surface area contributed by atoms with Crippen molar-refractivity contribution in [2.75, 3.05) is 36.6 Å². The van der Waals surface area contributed by atoms with E-state index in [4.69, 9.17) is 4.74 Å². The van der Waals surface area contributed by atoms with E-state index in [1.54, 1.807) is 39.3 Å². The van der Waals surface area contributed by atoms with Crippen LogP contribution >= 0.6 is 0 Å². The summed E-state index contributed by atoms with van der Waals surface area (Å²) < 4.78 is 49.1. The van der Waals surface area contributed by atoms with Gasteiger partial charge in [0.1, 0.15) is 10.7 Å². The van der Waals surface area contributed by atoms with Crippen LogP contribution in [0.5, 0.6) is 5.88 Å². The first-order valence-corrected chi connectivity index (χ1v) is 11.6. The highest BCUT2D eigenvalue weighted by molar-refractivity contribution is 7.92. The number of aryl methyl sites for hydroxylation is 1. The third-order valence-electron chi connectivity index (χ3n) is 5.00. The van der Waals surface area contributed by atoms with E-state index in [0.29, 0.717) is 33.9 Å². The molecule has 0 amide bonds. The number of methoxy groups -OCH3 is 1. The minimum atomic E-state index is -4.19. The Morgan fingerprint density at radius 2 is 1.79 bits per heavy atom. The first-order valence-electron chi connectivity index (χ1n) is 10.1. The summed E-state index contributed by atoms with van der Waals surface area (Å²) in [5.74, 6) is -0.0852. The van der Waals surface area contributed by atoms with Crippen LogP contribution in [-0.2, 0) is 10.0 Å². The first kappa shape index (κ1) is 23.1. The molecule has 0 radical (unpaired) electrons. The Kier molecular flexibility index (Phi) is 6.16. The van der Waals surface area contributed by atoms with E-state index in [1.165, 1.54) is 31.5 Å². The molecule has 10 nitrogen and oxygen atoms in total. The average molecular weight is 484 g/mol. The van der Waals surface area contributed by atoms with Gasteiger partial charge in [-0.2, -0.15) is 4.98 Å². The number of fused-ring (bicyclic) bond motifs is 1. The maximum Gasteiger partial charge on any atom is 0.267 e. The molecule has 0 saturated heterocycles. The van der Waals surface area contributed by atoms with Crippen LogP contribution in [0.2, 0.25) is 0 Å². The van der Waals surface area contributed by atoms with Crippen LogP contribution in [-0.4, -0.2) is 49.6 Å². The summed E-state index contributed by atoms with van der Waals surface area (Å²) in [6.45, 7) is 1.70. The number of nitrogens with one attached hydrogen (secondary N) is 3. The van der Waals surface area contributed by atoms with E-state index in [2.05, 4.69) is 35.3 Å². The van der Waals surface area contributed by atoms with Gasteiger partial charge in [0, 0.05) is 43.0 Å². The van der Waals surface area contributed by atoms with Crippen molar-refractivity contribution in [3.05, 3.63) is 54.1 Å². The van der Waals surface area contributed by atoms with Gasteiger partial charge in [-0.15, -0.1) is 0 Å². The van der Waals surface area contributed by atoms with Gasteiger partial charge in [-0.05, 0) is 30.7 Å². The molecule has 0 aliphatic rings. The highest BCUT2D eigenvalue weighted by atomic mass is 32.2. The Hall–Kier alpha value is -4.06. The van der Waals surface area contributed by atoms with Gasteiger partial charge < -0.3 is 15.4 Å². The van der Waals surface area contributed by atoms with Crippen molar-refractivity contribution in [3.63, 3.8) is 0 Å². The van der Waals surface area contributed by atoms with E-state index in [9.17, 15) is 8.42 Å². The second kappa shape index (κ2) is 9.06. The lowest BCUT2D eigenvalue weighted by atomic mass is 10.0. The zero-order chi connectivity index (χ0) is 24.5. The maximum absolute atomic E-state index is 15.6. The largest absolute Gasteiger partial charge is 0.480 e. The number of hydrogen-bond acceptors (Lipinski definition) is 9. The molecule has 0 atom stereocenters. The number of pyridine rings is 2. The minimum Gasteiger partial charge on any atom is -0.480 e. The standard InChI is InChI=1S/C22H22FN7O3S/c1-12-8-17(21(33-4)26-10-12)34(31,32)30-16-7-5-6-14(18(16)23)15-9-13-11-27-22(25-3)29-19(13)28-20(15)24-2/h5-11,30H,1-4H3,(H2,24,25,27,28,29). The minimum absolute atomic E-state index is 0.0909. The Balaban J connectivity index is 1.80. The number of benzene rings is 1. The van der Waals surface area contributed by atoms with E-state index in [-0.39, 0.29) is 22.0 Å². The highest BCUT2D eigenvalue weighted by Gasteiger charge is 2.24. The molecule has 176 valence electrons. The number of ether oxygens (including phenoxy) is 1. The van der Waals surface area contributed by atoms with E-state index in [0.717, 1.165) is 0 Å². The quantitative estimate of drug-likeness (QED) is 0.362. The van der Waals surface area contributed by atoms with Gasteiger partial charge >= 0.3 is 0 Å². The molecule has 4 aromatic rings. The molecule has 0 aliphatic heterocycles. The van der Waals surface area contributed by atoms with E-state index < -0.39 is 15.8 Å². The monoisotopic (exact) mass is 483 g/mol. The molecular formula is C22H22FN7O3S. The summed E-state index contributed by atoms with van der Waals surface area (Å²) in [7, 11) is 0.464. The molecule has 3 heterocycles. The van der Waals surface area contributed by atoms with Gasteiger partial charge in [0.05, 0.1) is 12.8 Å². The number of hydrogen-bond donors (Lipinski definition) is 3. The van der Waals surface area contributed by atoms with Crippen LogP contribution in [0.4, 0.5) is 21.8 Å². The van der Waals surface area contributed by atoms with Gasteiger partial charge in [0.15, 0.2) is 11.5 Å². The summed E-state index contributed by atoms with van der Waals surface area (Å²) in [6, 6.07) is 7.52. The fraction of sp³-hybridized carbons (Fsp3) is 0.182. The summed E-state index contributed by atoms with van der Waals surface area (Å²) in [6.07, 6.45) is 3.06. The predicted octanol–water partition coefficient (Wildman–Crippen LogP) is 3.43. The van der Waals surface area contributed by atoms with Gasteiger partial charge in [-0.1, -0.05) is 12.1 Å². The molecule has 34 heavy (non-hydrogen) atoms. The topological polar surface area (TPSA) is 131 Å². The summed E-state index contributed by atoms with van der Waals surface area (Å²) in [5.41, 5.74) is 1.36. The van der Waals surface area contributed by atoms with Crippen LogP contribution in [0.1, 0.15) is 5.56 Å². The first-order chi connectivity index (χ1) is 16.3. The SMILES string of the molecule is CNc1ncc2cc(-c3cccc(NS(=O)(=O)c4cc(C)cnc4OC)c3F)c(NC)nc2n1. The van der Waals surface area contributed by atoms with Crippen molar-refractivity contribution in [1.82, 2.24) is 19.9 Å². The summed E-state index contributed by atoms with van der Waals surface area (Å²) >= 11 is 0. The Morgan fingerprint density at radius 1 is 1.00 bits per heavy atom. The number of aromatic nitrogens is 4. The molecule has 0 aliphatic carbocycles. The fourth-order valence-electron chi connectivity index (χ4n) is 3.37. The van der Waals surface area contributed by atoms with Crippen LogP contribution < -0.4 is 20.1 Å². The molecule has 0 bridgehead atoms. The van der Waals surface area contributed by atoms with Crippen molar-refractivity contribution in [2.24, 2.45) is 0 Å². The molecule has 12 heteroatoms. The molecular weight excluding hydrogens is 461 g/mol. The lowest BCUT2D eigenvalue weighted by Gasteiger charge is -2.15. The van der Waals surface area contributed by atoms with Gasteiger partial charge in [-0.25, -0.2) is 27.8 Å². The van der Waals surface area contributed by atoms with Crippen molar-refractivity contribution in [2.45, 2.75) is 11.8 Å². The molecule has 3 N–H and O–H groups in total. The van der Waals surface area contributed by atoms with Crippen molar-refractivity contribution >= 4 is 38.5 Å². The molecule has 0 saturated carbocycles. The van der Waals surface area contributed by atoms with Gasteiger partial charge in [0.2, 0.25) is 11.8 Å². The van der Waals surface area contributed by atoms with Crippen LogP contribution in [0, 0.1) is 12.7 Å². The maximum atomic E-state index is 15.6. The van der Waals surface area contributed by atoms with Crippen molar-refractivity contribution in [3.8, 4) is 17.0 Å². The summed E-state index contributed by atoms with van der Waals surface area (Å²) in [4.78, 5) is 16.7. The summed E-state index contributed by atoms with van der Waals surface area (Å²) in [5, 5.41) is 6.38. The number of anilines is 3. The molecule has 0 spiro atoms. The van der Waals surface area contributed by atoms with Gasteiger partial charge in [-0.3, -0.25) is 4.72 Å². The van der Waals surface area contributed by atoms with Crippen LogP contribution in [0.15, 0.2) is 47.6 Å². The normalized spacial score (nSPS) is 11.3. The lowest BCUT2D eigenvalue weighted by Crippen LogP contribution is -2.16. The van der Waals surface area contributed by atoms with Crippen molar-refractivity contribution < 1.29 is 17.5 Å². The van der Waals surface area contributed by atoms with Gasteiger partial charge in [0.25, 0.3) is 10.0 Å². The van der Waals surface area contributed by atoms with Crippen LogP contribution in [0.3, 0.4) is 0 Å². The Labute approximate surface area is 195 Å². The number of sulfonamides is 1. The van der Waals surface area contributed by atoms with E-state index in [1.807, 2.05) is 0 Å². The number of rotatable bonds is 7.